The number of rotatable bonds is 4. The van der Waals surface area contributed by atoms with Crippen LogP contribution in [0.1, 0.15) is 23.0 Å². The summed E-state index contributed by atoms with van der Waals surface area (Å²) in [5, 5.41) is 2.10. The van der Waals surface area contributed by atoms with Crippen LogP contribution in [0.4, 0.5) is 0 Å². The topological polar surface area (TPSA) is 43.8 Å². The summed E-state index contributed by atoms with van der Waals surface area (Å²) in [6.07, 6.45) is 5.77. The van der Waals surface area contributed by atoms with E-state index in [2.05, 4.69) is 22.5 Å². The molecule has 4 heteroatoms. The predicted molar refractivity (Wildman–Crippen MR) is 62.8 cm³/mol. The molecule has 0 saturated heterocycles. The zero-order valence-electron chi connectivity index (χ0n) is 8.76. The molecule has 0 aromatic carbocycles. The van der Waals surface area contributed by atoms with E-state index in [4.69, 9.17) is 5.73 Å². The van der Waals surface area contributed by atoms with Crippen LogP contribution < -0.4 is 5.73 Å². The number of aryl methyl sites for hydroxylation is 2. The molecule has 2 heterocycles. The second kappa shape index (κ2) is 4.59. The van der Waals surface area contributed by atoms with Gasteiger partial charge < -0.3 is 10.3 Å². The highest BCUT2D eigenvalue weighted by Crippen LogP contribution is 2.17. The number of nitrogens with zero attached hydrogens (tertiary/aromatic N) is 2. The average Bonchev–Trinajstić information content (AvgIpc) is 2.84. The molecule has 2 aromatic rings. The van der Waals surface area contributed by atoms with Gasteiger partial charge >= 0.3 is 0 Å². The van der Waals surface area contributed by atoms with Crippen LogP contribution >= 0.6 is 11.3 Å². The van der Waals surface area contributed by atoms with Gasteiger partial charge in [-0.25, -0.2) is 4.98 Å². The standard InChI is InChI=1S/C11H15N3S/c1-14-7-11(13-8-14)10(12)5-4-9-3-2-6-15-9/h2-3,6-8,10H,4-5,12H2,1H3. The quantitative estimate of drug-likeness (QED) is 0.859. The summed E-state index contributed by atoms with van der Waals surface area (Å²) in [5.41, 5.74) is 7.03. The number of imidazole rings is 1. The molecule has 80 valence electrons. The highest BCUT2D eigenvalue weighted by molar-refractivity contribution is 7.09. The van der Waals surface area contributed by atoms with Gasteiger partial charge in [-0.3, -0.25) is 0 Å². The highest BCUT2D eigenvalue weighted by Gasteiger charge is 2.08. The molecular weight excluding hydrogens is 206 g/mol. The molecule has 0 aliphatic rings. The van der Waals surface area contributed by atoms with Crippen molar-refractivity contribution in [3.63, 3.8) is 0 Å². The third kappa shape index (κ3) is 2.67. The zero-order valence-corrected chi connectivity index (χ0v) is 9.57. The summed E-state index contributed by atoms with van der Waals surface area (Å²) in [6.45, 7) is 0. The normalized spacial score (nSPS) is 12.9. The highest BCUT2D eigenvalue weighted by atomic mass is 32.1. The van der Waals surface area contributed by atoms with E-state index in [1.165, 1.54) is 4.88 Å². The number of nitrogens with two attached hydrogens (primary N) is 1. The van der Waals surface area contributed by atoms with E-state index in [1.807, 2.05) is 17.8 Å². The SMILES string of the molecule is Cn1cnc(C(N)CCc2cccs2)c1. The van der Waals surface area contributed by atoms with Crippen LogP contribution in [0.15, 0.2) is 30.0 Å². The summed E-state index contributed by atoms with van der Waals surface area (Å²) in [5.74, 6) is 0. The van der Waals surface area contributed by atoms with Crippen molar-refractivity contribution in [2.45, 2.75) is 18.9 Å². The van der Waals surface area contributed by atoms with E-state index < -0.39 is 0 Å². The lowest BCUT2D eigenvalue weighted by Crippen LogP contribution is -2.11. The third-order valence-electron chi connectivity index (χ3n) is 2.39. The first-order chi connectivity index (χ1) is 7.25. The molecule has 0 spiro atoms. The van der Waals surface area contributed by atoms with Gasteiger partial charge in [-0.1, -0.05) is 6.07 Å². The fourth-order valence-corrected chi connectivity index (χ4v) is 2.25. The lowest BCUT2D eigenvalue weighted by Gasteiger charge is -2.06. The van der Waals surface area contributed by atoms with Gasteiger partial charge in [0, 0.05) is 24.2 Å². The molecular formula is C11H15N3S. The first-order valence-electron chi connectivity index (χ1n) is 5.01. The number of hydrogen-bond donors (Lipinski definition) is 1. The molecule has 0 aliphatic carbocycles. The molecule has 2 rings (SSSR count). The summed E-state index contributed by atoms with van der Waals surface area (Å²) in [4.78, 5) is 5.65. The fraction of sp³-hybridized carbons (Fsp3) is 0.364. The van der Waals surface area contributed by atoms with E-state index in [9.17, 15) is 0 Å². The number of aromatic nitrogens is 2. The maximum atomic E-state index is 6.05. The second-order valence-electron chi connectivity index (χ2n) is 3.69. The molecule has 0 aliphatic heterocycles. The van der Waals surface area contributed by atoms with Crippen molar-refractivity contribution in [3.05, 3.63) is 40.6 Å². The third-order valence-corrected chi connectivity index (χ3v) is 3.32. The van der Waals surface area contributed by atoms with E-state index in [0.29, 0.717) is 0 Å². The maximum Gasteiger partial charge on any atom is 0.0947 e. The minimum absolute atomic E-state index is 0.0494. The number of hydrogen-bond acceptors (Lipinski definition) is 3. The Bertz CT molecular complexity index is 405. The molecule has 1 atom stereocenters. The van der Waals surface area contributed by atoms with Crippen molar-refractivity contribution in [1.82, 2.24) is 9.55 Å². The molecule has 2 N–H and O–H groups in total. The van der Waals surface area contributed by atoms with Crippen molar-refractivity contribution in [3.8, 4) is 0 Å². The lowest BCUT2D eigenvalue weighted by molar-refractivity contribution is 0.639. The van der Waals surface area contributed by atoms with Crippen molar-refractivity contribution in [1.29, 1.82) is 0 Å². The Morgan fingerprint density at radius 1 is 1.60 bits per heavy atom. The van der Waals surface area contributed by atoms with Crippen LogP contribution in [0, 0.1) is 0 Å². The van der Waals surface area contributed by atoms with Crippen LogP contribution in [0.25, 0.3) is 0 Å². The number of thiophene rings is 1. The van der Waals surface area contributed by atoms with E-state index >= 15 is 0 Å². The van der Waals surface area contributed by atoms with Crippen molar-refractivity contribution in [2.75, 3.05) is 0 Å². The molecule has 0 fully saturated rings. The Balaban J connectivity index is 1.90. The maximum absolute atomic E-state index is 6.05. The van der Waals surface area contributed by atoms with Gasteiger partial charge in [0.1, 0.15) is 0 Å². The van der Waals surface area contributed by atoms with Gasteiger partial charge in [0.2, 0.25) is 0 Å². The minimum Gasteiger partial charge on any atom is -0.340 e. The Hall–Kier alpha value is -1.13. The Morgan fingerprint density at radius 2 is 2.47 bits per heavy atom. The molecule has 3 nitrogen and oxygen atoms in total. The van der Waals surface area contributed by atoms with Gasteiger partial charge in [-0.2, -0.15) is 0 Å². The molecule has 0 bridgehead atoms. The van der Waals surface area contributed by atoms with Crippen LogP contribution in [0.3, 0.4) is 0 Å². The van der Waals surface area contributed by atoms with Gasteiger partial charge in [-0.05, 0) is 24.3 Å². The van der Waals surface area contributed by atoms with Crippen LogP contribution in [-0.4, -0.2) is 9.55 Å². The monoisotopic (exact) mass is 221 g/mol. The van der Waals surface area contributed by atoms with Gasteiger partial charge in [0.25, 0.3) is 0 Å². The van der Waals surface area contributed by atoms with Crippen LogP contribution in [0.5, 0.6) is 0 Å². The molecule has 1 unspecified atom stereocenters. The Kier molecular flexibility index (Phi) is 3.18. The van der Waals surface area contributed by atoms with Gasteiger partial charge in [0.05, 0.1) is 12.0 Å². The molecule has 15 heavy (non-hydrogen) atoms. The molecule has 0 radical (unpaired) electrons. The summed E-state index contributed by atoms with van der Waals surface area (Å²) < 4.78 is 1.93. The van der Waals surface area contributed by atoms with Gasteiger partial charge in [-0.15, -0.1) is 11.3 Å². The Morgan fingerprint density at radius 3 is 3.07 bits per heavy atom. The summed E-state index contributed by atoms with van der Waals surface area (Å²) in [7, 11) is 1.96. The second-order valence-corrected chi connectivity index (χ2v) is 4.72. The minimum atomic E-state index is 0.0494. The predicted octanol–water partition coefficient (Wildman–Crippen LogP) is 2.11. The van der Waals surface area contributed by atoms with E-state index in [1.54, 1.807) is 17.7 Å². The smallest absolute Gasteiger partial charge is 0.0947 e. The average molecular weight is 221 g/mol. The molecule has 2 aromatic heterocycles. The largest absolute Gasteiger partial charge is 0.340 e. The first kappa shape index (κ1) is 10.4. The molecule has 0 amide bonds. The zero-order chi connectivity index (χ0) is 10.7. The Labute approximate surface area is 93.6 Å². The van der Waals surface area contributed by atoms with Crippen molar-refractivity contribution >= 4 is 11.3 Å². The first-order valence-corrected chi connectivity index (χ1v) is 5.89. The lowest BCUT2D eigenvalue weighted by atomic mass is 10.1. The molecule has 0 saturated carbocycles. The van der Waals surface area contributed by atoms with Crippen molar-refractivity contribution in [2.24, 2.45) is 12.8 Å². The van der Waals surface area contributed by atoms with Gasteiger partial charge in [0.15, 0.2) is 0 Å². The summed E-state index contributed by atoms with van der Waals surface area (Å²) >= 11 is 1.78. The van der Waals surface area contributed by atoms with Crippen molar-refractivity contribution < 1.29 is 0 Å². The van der Waals surface area contributed by atoms with E-state index in [0.717, 1.165) is 18.5 Å². The fourth-order valence-electron chi connectivity index (χ4n) is 1.52. The van der Waals surface area contributed by atoms with E-state index in [-0.39, 0.29) is 6.04 Å². The van der Waals surface area contributed by atoms with Crippen LogP contribution in [-0.2, 0) is 13.5 Å². The van der Waals surface area contributed by atoms with Crippen LogP contribution in [0.2, 0.25) is 0 Å². The summed E-state index contributed by atoms with van der Waals surface area (Å²) in [6, 6.07) is 4.27.